The number of hydrogen-bond donors (Lipinski definition) is 2. The van der Waals surface area contributed by atoms with E-state index in [1.165, 1.54) is 12.0 Å². The molecule has 1 aromatic rings. The summed E-state index contributed by atoms with van der Waals surface area (Å²) in [6.07, 6.45) is 3.28. The molecule has 0 bridgehead atoms. The van der Waals surface area contributed by atoms with Crippen LogP contribution in [0.15, 0.2) is 24.3 Å². The quantitative estimate of drug-likeness (QED) is 0.873. The summed E-state index contributed by atoms with van der Waals surface area (Å²) in [5.41, 5.74) is 2.50. The molecule has 1 aromatic carbocycles. The first-order chi connectivity index (χ1) is 9.16. The molecular formula is C16H24N2O. The highest BCUT2D eigenvalue weighted by Crippen LogP contribution is 2.14. The van der Waals surface area contributed by atoms with E-state index in [0.717, 1.165) is 24.9 Å². The number of carbonyl (C=O) groups excluding carboxylic acids is 1. The van der Waals surface area contributed by atoms with Crippen molar-refractivity contribution < 1.29 is 4.79 Å². The van der Waals surface area contributed by atoms with E-state index in [0.29, 0.717) is 12.5 Å². The first kappa shape index (κ1) is 14.1. The molecule has 0 radical (unpaired) electrons. The number of carbonyl (C=O) groups is 1. The lowest BCUT2D eigenvalue weighted by molar-refractivity contribution is -0.123. The fourth-order valence-corrected chi connectivity index (χ4v) is 2.41. The number of amides is 1. The molecule has 1 saturated heterocycles. The Morgan fingerprint density at radius 2 is 2.05 bits per heavy atom. The van der Waals surface area contributed by atoms with Crippen molar-refractivity contribution in [3.8, 4) is 0 Å². The van der Waals surface area contributed by atoms with Gasteiger partial charge in [-0.1, -0.05) is 44.5 Å². The van der Waals surface area contributed by atoms with E-state index >= 15 is 0 Å². The van der Waals surface area contributed by atoms with E-state index in [1.54, 1.807) is 0 Å². The van der Waals surface area contributed by atoms with Gasteiger partial charge in [-0.3, -0.25) is 4.79 Å². The molecule has 0 aliphatic carbocycles. The molecule has 3 heteroatoms. The number of hydrogen-bond acceptors (Lipinski definition) is 2. The van der Waals surface area contributed by atoms with Gasteiger partial charge in [0.25, 0.3) is 0 Å². The van der Waals surface area contributed by atoms with Crippen LogP contribution in [0.1, 0.15) is 50.2 Å². The van der Waals surface area contributed by atoms with Gasteiger partial charge >= 0.3 is 0 Å². The van der Waals surface area contributed by atoms with Crippen molar-refractivity contribution in [2.45, 2.75) is 51.6 Å². The van der Waals surface area contributed by atoms with E-state index in [-0.39, 0.29) is 11.9 Å². The summed E-state index contributed by atoms with van der Waals surface area (Å²) >= 11 is 0. The number of rotatable bonds is 4. The summed E-state index contributed by atoms with van der Waals surface area (Å²) in [5.74, 6) is 0.683. The maximum Gasteiger partial charge on any atom is 0.237 e. The monoisotopic (exact) mass is 260 g/mol. The second-order valence-corrected chi connectivity index (χ2v) is 5.62. The predicted molar refractivity (Wildman–Crippen MR) is 78.0 cm³/mol. The molecule has 0 unspecified atom stereocenters. The van der Waals surface area contributed by atoms with E-state index < -0.39 is 0 Å². The lowest BCUT2D eigenvalue weighted by Crippen LogP contribution is -2.46. The molecule has 1 amide bonds. The van der Waals surface area contributed by atoms with Crippen LogP contribution >= 0.6 is 0 Å². The van der Waals surface area contributed by atoms with Crippen molar-refractivity contribution in [3.05, 3.63) is 35.4 Å². The smallest absolute Gasteiger partial charge is 0.237 e. The summed E-state index contributed by atoms with van der Waals surface area (Å²) in [5, 5.41) is 6.28. The van der Waals surface area contributed by atoms with Gasteiger partial charge in [0.05, 0.1) is 6.04 Å². The molecule has 0 saturated carbocycles. The summed E-state index contributed by atoms with van der Waals surface area (Å²) in [4.78, 5) is 12.0. The second-order valence-electron chi connectivity index (χ2n) is 5.62. The van der Waals surface area contributed by atoms with Gasteiger partial charge in [0, 0.05) is 6.54 Å². The Balaban J connectivity index is 1.82. The molecule has 0 aromatic heterocycles. The van der Waals surface area contributed by atoms with Crippen LogP contribution in [-0.2, 0) is 11.3 Å². The third-order valence-corrected chi connectivity index (χ3v) is 3.74. The first-order valence-electron chi connectivity index (χ1n) is 7.27. The second kappa shape index (κ2) is 6.71. The first-order valence-corrected chi connectivity index (χ1v) is 7.27. The SMILES string of the molecule is CC(C)c1ccc(CNC(=O)[C@@H]2CCCCN2)cc1. The Labute approximate surface area is 115 Å². The van der Waals surface area contributed by atoms with Gasteiger partial charge in [-0.2, -0.15) is 0 Å². The highest BCUT2D eigenvalue weighted by Gasteiger charge is 2.19. The molecule has 2 rings (SSSR count). The van der Waals surface area contributed by atoms with Crippen molar-refractivity contribution in [1.82, 2.24) is 10.6 Å². The standard InChI is InChI=1S/C16H24N2O/c1-12(2)14-8-6-13(7-9-14)11-18-16(19)15-5-3-4-10-17-15/h6-9,12,15,17H,3-5,10-11H2,1-2H3,(H,18,19)/t15-/m0/s1. The topological polar surface area (TPSA) is 41.1 Å². The highest BCUT2D eigenvalue weighted by molar-refractivity contribution is 5.81. The predicted octanol–water partition coefficient (Wildman–Crippen LogP) is 2.57. The maximum atomic E-state index is 12.0. The number of benzene rings is 1. The maximum absolute atomic E-state index is 12.0. The molecule has 0 spiro atoms. The third-order valence-electron chi connectivity index (χ3n) is 3.74. The van der Waals surface area contributed by atoms with E-state index in [2.05, 4.69) is 48.7 Å². The highest BCUT2D eigenvalue weighted by atomic mass is 16.2. The minimum atomic E-state index is 0.00341. The van der Waals surface area contributed by atoms with Gasteiger partial charge in [-0.15, -0.1) is 0 Å². The summed E-state index contributed by atoms with van der Waals surface area (Å²) in [7, 11) is 0. The summed E-state index contributed by atoms with van der Waals surface area (Å²) < 4.78 is 0. The van der Waals surface area contributed by atoms with Crippen molar-refractivity contribution >= 4 is 5.91 Å². The van der Waals surface area contributed by atoms with Crippen LogP contribution < -0.4 is 10.6 Å². The van der Waals surface area contributed by atoms with Gasteiger partial charge in [0.1, 0.15) is 0 Å². The van der Waals surface area contributed by atoms with Gasteiger partial charge in [-0.05, 0) is 36.4 Å². The van der Waals surface area contributed by atoms with E-state index in [4.69, 9.17) is 0 Å². The Hall–Kier alpha value is -1.35. The van der Waals surface area contributed by atoms with Crippen molar-refractivity contribution in [3.63, 3.8) is 0 Å². The average Bonchev–Trinajstić information content (AvgIpc) is 2.46. The zero-order chi connectivity index (χ0) is 13.7. The van der Waals surface area contributed by atoms with Gasteiger partial charge in [-0.25, -0.2) is 0 Å². The fourth-order valence-electron chi connectivity index (χ4n) is 2.41. The zero-order valence-electron chi connectivity index (χ0n) is 11.9. The number of nitrogens with one attached hydrogen (secondary N) is 2. The van der Waals surface area contributed by atoms with Crippen LogP contribution in [0.25, 0.3) is 0 Å². The van der Waals surface area contributed by atoms with Crippen LogP contribution in [0, 0.1) is 0 Å². The molecule has 2 N–H and O–H groups in total. The van der Waals surface area contributed by atoms with Crippen LogP contribution in [0.5, 0.6) is 0 Å². The Bertz CT molecular complexity index is 405. The number of piperidine rings is 1. The van der Waals surface area contributed by atoms with E-state index in [1.807, 2.05) is 0 Å². The largest absolute Gasteiger partial charge is 0.351 e. The van der Waals surface area contributed by atoms with Crippen molar-refractivity contribution in [1.29, 1.82) is 0 Å². The molecule has 1 atom stereocenters. The lowest BCUT2D eigenvalue weighted by Gasteiger charge is -2.22. The third kappa shape index (κ3) is 4.06. The molecular weight excluding hydrogens is 236 g/mol. The zero-order valence-corrected chi connectivity index (χ0v) is 11.9. The lowest BCUT2D eigenvalue weighted by atomic mass is 10.0. The molecule has 104 valence electrons. The average molecular weight is 260 g/mol. The molecule has 1 heterocycles. The van der Waals surface area contributed by atoms with E-state index in [9.17, 15) is 4.79 Å². The van der Waals surface area contributed by atoms with Gasteiger partial charge < -0.3 is 10.6 Å². The summed E-state index contributed by atoms with van der Waals surface area (Å²) in [6.45, 7) is 5.95. The van der Waals surface area contributed by atoms with Crippen LogP contribution in [0.2, 0.25) is 0 Å². The Morgan fingerprint density at radius 3 is 2.63 bits per heavy atom. The van der Waals surface area contributed by atoms with Gasteiger partial charge in [0.2, 0.25) is 5.91 Å². The molecule has 19 heavy (non-hydrogen) atoms. The molecule has 1 fully saturated rings. The van der Waals surface area contributed by atoms with Crippen molar-refractivity contribution in [2.75, 3.05) is 6.54 Å². The normalized spacial score (nSPS) is 19.4. The molecule has 1 aliphatic rings. The van der Waals surface area contributed by atoms with Crippen molar-refractivity contribution in [2.24, 2.45) is 0 Å². The summed E-state index contributed by atoms with van der Waals surface area (Å²) in [6, 6.07) is 8.49. The molecule has 1 aliphatic heterocycles. The van der Waals surface area contributed by atoms with Crippen LogP contribution in [-0.4, -0.2) is 18.5 Å². The minimum Gasteiger partial charge on any atom is -0.351 e. The minimum absolute atomic E-state index is 0.00341. The van der Waals surface area contributed by atoms with Crippen LogP contribution in [0.3, 0.4) is 0 Å². The van der Waals surface area contributed by atoms with Gasteiger partial charge in [0.15, 0.2) is 0 Å². The van der Waals surface area contributed by atoms with Crippen LogP contribution in [0.4, 0.5) is 0 Å². The Morgan fingerprint density at radius 1 is 1.32 bits per heavy atom. The fraction of sp³-hybridized carbons (Fsp3) is 0.562. The molecule has 3 nitrogen and oxygen atoms in total. The Kier molecular flexibility index (Phi) is 4.97.